The summed E-state index contributed by atoms with van der Waals surface area (Å²) >= 11 is 0. The molecule has 0 fully saturated rings. The first-order valence-electron chi connectivity index (χ1n) is 7.03. The van der Waals surface area contributed by atoms with E-state index in [2.05, 4.69) is 32.2 Å². The number of nitrogens with zero attached hydrogens (tertiary/aromatic N) is 3. The van der Waals surface area contributed by atoms with E-state index in [1.54, 1.807) is 12.4 Å². The average Bonchev–Trinajstić information content (AvgIpc) is 2.55. The summed E-state index contributed by atoms with van der Waals surface area (Å²) in [4.78, 5) is 24.2. The zero-order valence-electron chi connectivity index (χ0n) is 12.6. The lowest BCUT2D eigenvalue weighted by atomic mass is 10.2. The smallest absolute Gasteiger partial charge is 0.247 e. The van der Waals surface area contributed by atoms with Crippen molar-refractivity contribution < 1.29 is 4.79 Å². The normalized spacial score (nSPS) is 10.3. The lowest BCUT2D eigenvalue weighted by molar-refractivity contribution is -0.111. The molecule has 0 bridgehead atoms. The molecule has 0 atom stereocenters. The van der Waals surface area contributed by atoms with Gasteiger partial charge in [0.1, 0.15) is 12.1 Å². The minimum absolute atomic E-state index is 0.315. The van der Waals surface area contributed by atoms with E-state index >= 15 is 0 Å². The number of hydrogen-bond donors (Lipinski definition) is 2. The van der Waals surface area contributed by atoms with Crippen LogP contribution in [-0.2, 0) is 4.79 Å². The van der Waals surface area contributed by atoms with Gasteiger partial charge in [0.15, 0.2) is 0 Å². The molecule has 3 aromatic rings. The molecular formula is C17H15N5O. The monoisotopic (exact) mass is 305 g/mol. The van der Waals surface area contributed by atoms with Crippen molar-refractivity contribution in [3.63, 3.8) is 0 Å². The van der Waals surface area contributed by atoms with Crippen molar-refractivity contribution in [1.82, 2.24) is 15.0 Å². The molecule has 0 radical (unpaired) electrons. The standard InChI is InChI=1S/C17H15N5O/c1-3-15(23)22-14-9-18-8-13-16(14)17(20-10-19-13)21-12-6-4-5-11(2)7-12/h3-10H,1H2,2H3,(H,22,23)(H,19,20,21). The molecule has 0 saturated heterocycles. The Morgan fingerprint density at radius 1 is 1.26 bits per heavy atom. The largest absolute Gasteiger partial charge is 0.340 e. The molecule has 3 rings (SSSR count). The highest BCUT2D eigenvalue weighted by Crippen LogP contribution is 2.29. The Balaban J connectivity index is 2.09. The Morgan fingerprint density at radius 3 is 2.91 bits per heavy atom. The predicted octanol–water partition coefficient (Wildman–Crippen LogP) is 3.20. The van der Waals surface area contributed by atoms with Crippen molar-refractivity contribution in [1.29, 1.82) is 0 Å². The van der Waals surface area contributed by atoms with Gasteiger partial charge in [0, 0.05) is 5.69 Å². The highest BCUT2D eigenvalue weighted by atomic mass is 16.1. The molecule has 0 saturated carbocycles. The Bertz CT molecular complexity index is 886. The van der Waals surface area contributed by atoms with Gasteiger partial charge in [-0.2, -0.15) is 0 Å². The van der Waals surface area contributed by atoms with Gasteiger partial charge in [0.25, 0.3) is 0 Å². The minimum Gasteiger partial charge on any atom is -0.340 e. The summed E-state index contributed by atoms with van der Waals surface area (Å²) in [6.45, 7) is 5.47. The lowest BCUT2D eigenvalue weighted by Crippen LogP contribution is -2.09. The number of amides is 1. The summed E-state index contributed by atoms with van der Waals surface area (Å²) in [5.74, 6) is 0.284. The second kappa shape index (κ2) is 6.23. The van der Waals surface area contributed by atoms with Crippen LogP contribution < -0.4 is 10.6 Å². The number of carbonyl (C=O) groups excluding carboxylic acids is 1. The van der Waals surface area contributed by atoms with Gasteiger partial charge in [0.05, 0.1) is 29.0 Å². The van der Waals surface area contributed by atoms with Crippen molar-refractivity contribution in [2.45, 2.75) is 6.92 Å². The fourth-order valence-electron chi connectivity index (χ4n) is 2.24. The van der Waals surface area contributed by atoms with Crippen LogP contribution in [0.15, 0.2) is 55.6 Å². The van der Waals surface area contributed by atoms with Crippen LogP contribution in [0, 0.1) is 6.92 Å². The number of carbonyl (C=O) groups is 1. The van der Waals surface area contributed by atoms with Crippen LogP contribution in [0.4, 0.5) is 17.2 Å². The molecule has 2 N–H and O–H groups in total. The first-order chi connectivity index (χ1) is 11.2. The summed E-state index contributed by atoms with van der Waals surface area (Å²) < 4.78 is 0. The minimum atomic E-state index is -0.315. The number of aryl methyl sites for hydroxylation is 1. The second-order valence-electron chi connectivity index (χ2n) is 4.99. The Labute approximate surface area is 133 Å². The van der Waals surface area contributed by atoms with E-state index in [1.165, 1.54) is 12.4 Å². The van der Waals surface area contributed by atoms with Crippen molar-refractivity contribution in [3.8, 4) is 0 Å². The second-order valence-corrected chi connectivity index (χ2v) is 4.99. The molecule has 1 amide bonds. The van der Waals surface area contributed by atoms with E-state index in [9.17, 15) is 4.79 Å². The van der Waals surface area contributed by atoms with Gasteiger partial charge in [-0.05, 0) is 30.7 Å². The van der Waals surface area contributed by atoms with Crippen LogP contribution in [0.1, 0.15) is 5.56 Å². The third kappa shape index (κ3) is 3.16. The van der Waals surface area contributed by atoms with Crippen LogP contribution in [0.3, 0.4) is 0 Å². The first-order valence-corrected chi connectivity index (χ1v) is 7.03. The van der Waals surface area contributed by atoms with Crippen LogP contribution in [0.5, 0.6) is 0 Å². The molecular weight excluding hydrogens is 290 g/mol. The number of rotatable bonds is 4. The lowest BCUT2D eigenvalue weighted by Gasteiger charge is -2.12. The first kappa shape index (κ1) is 14.6. The average molecular weight is 305 g/mol. The number of fused-ring (bicyclic) bond motifs is 1. The van der Waals surface area contributed by atoms with Gasteiger partial charge in [-0.1, -0.05) is 18.7 Å². The molecule has 6 heteroatoms. The highest BCUT2D eigenvalue weighted by molar-refractivity contribution is 6.08. The molecule has 0 aliphatic carbocycles. The van der Waals surface area contributed by atoms with Gasteiger partial charge in [-0.25, -0.2) is 9.97 Å². The molecule has 6 nitrogen and oxygen atoms in total. The summed E-state index contributed by atoms with van der Waals surface area (Å²) in [6.07, 6.45) is 5.86. The fourth-order valence-corrected chi connectivity index (χ4v) is 2.24. The summed E-state index contributed by atoms with van der Waals surface area (Å²) in [5.41, 5.74) is 3.21. The Kier molecular flexibility index (Phi) is 3.97. The molecule has 114 valence electrons. The van der Waals surface area contributed by atoms with Gasteiger partial charge in [-0.15, -0.1) is 0 Å². The third-order valence-electron chi connectivity index (χ3n) is 3.27. The van der Waals surface area contributed by atoms with E-state index < -0.39 is 0 Å². The predicted molar refractivity (Wildman–Crippen MR) is 90.6 cm³/mol. The molecule has 0 aliphatic rings. The number of pyridine rings is 1. The maximum Gasteiger partial charge on any atom is 0.247 e. The summed E-state index contributed by atoms with van der Waals surface area (Å²) in [7, 11) is 0. The molecule has 0 spiro atoms. The van der Waals surface area contributed by atoms with Crippen molar-refractivity contribution in [3.05, 3.63) is 61.2 Å². The van der Waals surface area contributed by atoms with E-state index in [0.29, 0.717) is 22.4 Å². The molecule has 0 aliphatic heterocycles. The third-order valence-corrected chi connectivity index (χ3v) is 3.27. The van der Waals surface area contributed by atoms with Gasteiger partial charge >= 0.3 is 0 Å². The van der Waals surface area contributed by atoms with Crippen molar-refractivity contribution in [2.24, 2.45) is 0 Å². The Morgan fingerprint density at radius 2 is 2.13 bits per heavy atom. The van der Waals surface area contributed by atoms with E-state index in [-0.39, 0.29) is 5.91 Å². The van der Waals surface area contributed by atoms with Gasteiger partial charge < -0.3 is 10.6 Å². The maximum atomic E-state index is 11.6. The molecule has 2 heterocycles. The topological polar surface area (TPSA) is 79.8 Å². The van der Waals surface area contributed by atoms with E-state index in [0.717, 1.165) is 11.3 Å². The number of hydrogen-bond acceptors (Lipinski definition) is 5. The number of anilines is 3. The maximum absolute atomic E-state index is 11.6. The van der Waals surface area contributed by atoms with Crippen LogP contribution >= 0.6 is 0 Å². The highest BCUT2D eigenvalue weighted by Gasteiger charge is 2.11. The van der Waals surface area contributed by atoms with Crippen LogP contribution in [0.2, 0.25) is 0 Å². The van der Waals surface area contributed by atoms with E-state index in [1.807, 2.05) is 31.2 Å². The summed E-state index contributed by atoms with van der Waals surface area (Å²) in [5, 5.41) is 6.69. The van der Waals surface area contributed by atoms with Crippen LogP contribution in [-0.4, -0.2) is 20.9 Å². The SMILES string of the molecule is C=CC(=O)Nc1cncc2ncnc(Nc3cccc(C)c3)c12. The quantitative estimate of drug-likeness (QED) is 0.724. The molecule has 2 aromatic heterocycles. The molecule has 0 unspecified atom stereocenters. The Hall–Kier alpha value is -3.28. The van der Waals surface area contributed by atoms with Gasteiger partial charge in [-0.3, -0.25) is 9.78 Å². The van der Waals surface area contributed by atoms with Gasteiger partial charge in [0.2, 0.25) is 5.91 Å². The van der Waals surface area contributed by atoms with Crippen LogP contribution in [0.25, 0.3) is 10.9 Å². The fraction of sp³-hybridized carbons (Fsp3) is 0.0588. The summed E-state index contributed by atoms with van der Waals surface area (Å²) in [6, 6.07) is 7.94. The zero-order valence-corrected chi connectivity index (χ0v) is 12.6. The molecule has 1 aromatic carbocycles. The van der Waals surface area contributed by atoms with Crippen molar-refractivity contribution >= 4 is 34.0 Å². The van der Waals surface area contributed by atoms with Crippen molar-refractivity contribution in [2.75, 3.05) is 10.6 Å². The number of nitrogens with one attached hydrogen (secondary N) is 2. The molecule has 23 heavy (non-hydrogen) atoms. The van der Waals surface area contributed by atoms with E-state index in [4.69, 9.17) is 0 Å². The number of benzene rings is 1. The zero-order chi connectivity index (χ0) is 16.2. The number of aromatic nitrogens is 3.